The zero-order valence-electron chi connectivity index (χ0n) is 10.3. The van der Waals surface area contributed by atoms with Gasteiger partial charge >= 0.3 is 0 Å². The van der Waals surface area contributed by atoms with E-state index in [4.69, 9.17) is 11.6 Å². The maximum Gasteiger partial charge on any atom is 0.0793 e. The van der Waals surface area contributed by atoms with Gasteiger partial charge in [-0.3, -0.25) is 0 Å². The van der Waals surface area contributed by atoms with Crippen LogP contribution in [0.5, 0.6) is 0 Å². The van der Waals surface area contributed by atoms with Gasteiger partial charge in [0, 0.05) is 5.02 Å². The quantitative estimate of drug-likeness (QED) is 0.803. The Morgan fingerprint density at radius 3 is 2.62 bits per heavy atom. The molecule has 0 bridgehead atoms. The summed E-state index contributed by atoms with van der Waals surface area (Å²) in [6.07, 6.45) is 2.76. The summed E-state index contributed by atoms with van der Waals surface area (Å²) in [6, 6.07) is 5.80. The number of hydrogen-bond donors (Lipinski definition) is 1. The standard InChI is InChI=1S/C14H21ClO/c1-4-5-10(2)8-14(16)12-7-6-11(3)13(15)9-12/h6-7,9-10,14,16H,4-5,8H2,1-3H3. The first-order valence-electron chi connectivity index (χ1n) is 5.98. The lowest BCUT2D eigenvalue weighted by atomic mass is 9.94. The van der Waals surface area contributed by atoms with Gasteiger partial charge in [-0.1, -0.05) is 50.4 Å². The van der Waals surface area contributed by atoms with Crippen molar-refractivity contribution in [1.29, 1.82) is 0 Å². The van der Waals surface area contributed by atoms with Crippen molar-refractivity contribution in [3.05, 3.63) is 34.3 Å². The lowest BCUT2D eigenvalue weighted by Crippen LogP contribution is -2.04. The third-order valence-corrected chi connectivity index (χ3v) is 3.39. The van der Waals surface area contributed by atoms with Crippen LogP contribution in [0.1, 0.15) is 50.3 Å². The van der Waals surface area contributed by atoms with Crippen molar-refractivity contribution in [2.45, 2.75) is 46.1 Å². The second-order valence-corrected chi connectivity index (χ2v) is 5.06. The molecule has 0 heterocycles. The number of aryl methyl sites for hydroxylation is 1. The molecule has 0 amide bonds. The molecule has 0 spiro atoms. The molecule has 2 atom stereocenters. The van der Waals surface area contributed by atoms with Gasteiger partial charge in [-0.05, 0) is 36.5 Å². The van der Waals surface area contributed by atoms with E-state index >= 15 is 0 Å². The Balaban J connectivity index is 2.65. The minimum Gasteiger partial charge on any atom is -0.388 e. The summed E-state index contributed by atoms with van der Waals surface area (Å²) in [5.41, 5.74) is 1.98. The zero-order valence-corrected chi connectivity index (χ0v) is 11.1. The topological polar surface area (TPSA) is 20.2 Å². The fourth-order valence-corrected chi connectivity index (χ4v) is 2.13. The van der Waals surface area contributed by atoms with E-state index in [9.17, 15) is 5.11 Å². The second-order valence-electron chi connectivity index (χ2n) is 4.65. The molecule has 16 heavy (non-hydrogen) atoms. The Labute approximate surface area is 103 Å². The van der Waals surface area contributed by atoms with E-state index in [2.05, 4.69) is 13.8 Å². The average molecular weight is 241 g/mol. The lowest BCUT2D eigenvalue weighted by molar-refractivity contribution is 0.145. The van der Waals surface area contributed by atoms with Crippen LogP contribution in [0.25, 0.3) is 0 Å². The fraction of sp³-hybridized carbons (Fsp3) is 0.571. The van der Waals surface area contributed by atoms with Gasteiger partial charge in [-0.2, -0.15) is 0 Å². The van der Waals surface area contributed by atoms with Gasteiger partial charge in [0.2, 0.25) is 0 Å². The highest BCUT2D eigenvalue weighted by Gasteiger charge is 2.12. The van der Waals surface area contributed by atoms with Crippen molar-refractivity contribution < 1.29 is 5.11 Å². The largest absolute Gasteiger partial charge is 0.388 e. The molecular formula is C14H21ClO. The van der Waals surface area contributed by atoms with E-state index in [0.717, 1.165) is 29.0 Å². The number of aliphatic hydroxyl groups is 1. The first-order chi connectivity index (χ1) is 7.54. The summed E-state index contributed by atoms with van der Waals surface area (Å²) in [7, 11) is 0. The van der Waals surface area contributed by atoms with Crippen LogP contribution in [0.3, 0.4) is 0 Å². The van der Waals surface area contributed by atoms with E-state index < -0.39 is 0 Å². The van der Waals surface area contributed by atoms with Crippen molar-refractivity contribution in [2.75, 3.05) is 0 Å². The van der Waals surface area contributed by atoms with Crippen LogP contribution in [0.4, 0.5) is 0 Å². The van der Waals surface area contributed by atoms with Crippen LogP contribution in [0, 0.1) is 12.8 Å². The van der Waals surface area contributed by atoms with Crippen molar-refractivity contribution in [3.63, 3.8) is 0 Å². The van der Waals surface area contributed by atoms with Crippen molar-refractivity contribution in [1.82, 2.24) is 0 Å². The molecule has 1 nitrogen and oxygen atoms in total. The smallest absolute Gasteiger partial charge is 0.0793 e. The molecule has 0 saturated carbocycles. The van der Waals surface area contributed by atoms with E-state index in [0.29, 0.717) is 5.92 Å². The minimum absolute atomic E-state index is 0.389. The highest BCUT2D eigenvalue weighted by atomic mass is 35.5. The maximum atomic E-state index is 10.1. The predicted molar refractivity (Wildman–Crippen MR) is 69.8 cm³/mol. The Morgan fingerprint density at radius 2 is 2.06 bits per heavy atom. The fourth-order valence-electron chi connectivity index (χ4n) is 1.94. The van der Waals surface area contributed by atoms with Gasteiger partial charge in [-0.15, -0.1) is 0 Å². The van der Waals surface area contributed by atoms with Crippen LogP contribution in [0.15, 0.2) is 18.2 Å². The SMILES string of the molecule is CCCC(C)CC(O)c1ccc(C)c(Cl)c1. The maximum absolute atomic E-state index is 10.1. The summed E-state index contributed by atoms with van der Waals surface area (Å²) in [5, 5.41) is 10.8. The monoisotopic (exact) mass is 240 g/mol. The summed E-state index contributed by atoms with van der Waals surface area (Å²) in [4.78, 5) is 0. The first-order valence-corrected chi connectivity index (χ1v) is 6.36. The summed E-state index contributed by atoms with van der Waals surface area (Å²) in [5.74, 6) is 0.556. The molecule has 2 heteroatoms. The Hall–Kier alpha value is -0.530. The van der Waals surface area contributed by atoms with E-state index in [1.54, 1.807) is 0 Å². The van der Waals surface area contributed by atoms with Gasteiger partial charge in [0.15, 0.2) is 0 Å². The van der Waals surface area contributed by atoms with Crippen LogP contribution in [-0.2, 0) is 0 Å². The number of halogens is 1. The normalized spacial score (nSPS) is 14.8. The molecule has 0 aliphatic heterocycles. The number of hydrogen-bond acceptors (Lipinski definition) is 1. The Kier molecular flexibility index (Phi) is 5.30. The molecule has 0 aromatic heterocycles. The van der Waals surface area contributed by atoms with Crippen LogP contribution >= 0.6 is 11.6 Å². The number of aliphatic hydroxyl groups excluding tert-OH is 1. The molecule has 0 radical (unpaired) electrons. The lowest BCUT2D eigenvalue weighted by Gasteiger charge is -2.16. The van der Waals surface area contributed by atoms with E-state index in [1.165, 1.54) is 6.42 Å². The molecule has 0 saturated heterocycles. The van der Waals surface area contributed by atoms with Gasteiger partial charge in [0.05, 0.1) is 6.10 Å². The van der Waals surface area contributed by atoms with Crippen molar-refractivity contribution >= 4 is 11.6 Å². The summed E-state index contributed by atoms with van der Waals surface area (Å²) < 4.78 is 0. The first kappa shape index (κ1) is 13.5. The van der Waals surface area contributed by atoms with Crippen molar-refractivity contribution in [3.8, 4) is 0 Å². The number of rotatable bonds is 5. The van der Waals surface area contributed by atoms with Crippen LogP contribution < -0.4 is 0 Å². The molecule has 1 N–H and O–H groups in total. The third-order valence-electron chi connectivity index (χ3n) is 2.99. The Bertz CT molecular complexity index is 336. The molecule has 0 fully saturated rings. The molecule has 2 unspecified atom stereocenters. The highest BCUT2D eigenvalue weighted by molar-refractivity contribution is 6.31. The van der Waals surface area contributed by atoms with Gasteiger partial charge in [-0.25, -0.2) is 0 Å². The highest BCUT2D eigenvalue weighted by Crippen LogP contribution is 2.26. The Morgan fingerprint density at radius 1 is 1.38 bits per heavy atom. The van der Waals surface area contributed by atoms with Gasteiger partial charge in [0.25, 0.3) is 0 Å². The minimum atomic E-state index is -0.389. The van der Waals surface area contributed by atoms with Crippen molar-refractivity contribution in [2.24, 2.45) is 5.92 Å². The van der Waals surface area contributed by atoms with Crippen LogP contribution in [-0.4, -0.2) is 5.11 Å². The summed E-state index contributed by atoms with van der Waals surface area (Å²) >= 11 is 6.04. The zero-order chi connectivity index (χ0) is 12.1. The summed E-state index contributed by atoms with van der Waals surface area (Å²) in [6.45, 7) is 6.33. The van der Waals surface area contributed by atoms with Gasteiger partial charge < -0.3 is 5.11 Å². The molecule has 1 aromatic carbocycles. The predicted octanol–water partition coefficient (Wildman–Crippen LogP) is 4.51. The average Bonchev–Trinajstić information content (AvgIpc) is 2.22. The van der Waals surface area contributed by atoms with E-state index in [-0.39, 0.29) is 6.10 Å². The third kappa shape index (κ3) is 3.80. The van der Waals surface area contributed by atoms with Gasteiger partial charge in [0.1, 0.15) is 0 Å². The molecule has 0 aliphatic rings. The second kappa shape index (κ2) is 6.27. The van der Waals surface area contributed by atoms with E-state index in [1.807, 2.05) is 25.1 Å². The van der Waals surface area contributed by atoms with Crippen LogP contribution in [0.2, 0.25) is 5.02 Å². The molecule has 1 rings (SSSR count). The molecule has 90 valence electrons. The molecule has 1 aromatic rings. The number of benzene rings is 1. The molecular weight excluding hydrogens is 220 g/mol. The molecule has 0 aliphatic carbocycles.